The maximum absolute atomic E-state index is 4.29. The van der Waals surface area contributed by atoms with Crippen molar-refractivity contribution in [2.75, 3.05) is 27.2 Å². The van der Waals surface area contributed by atoms with Gasteiger partial charge in [-0.15, -0.1) is 6.58 Å². The van der Waals surface area contributed by atoms with Gasteiger partial charge in [-0.3, -0.25) is 4.99 Å². The third kappa shape index (κ3) is 8.85. The van der Waals surface area contributed by atoms with Crippen molar-refractivity contribution in [2.45, 2.75) is 39.0 Å². The minimum absolute atomic E-state index is 0.942. The van der Waals surface area contributed by atoms with Gasteiger partial charge in [0.2, 0.25) is 0 Å². The van der Waals surface area contributed by atoms with Gasteiger partial charge in [0.15, 0.2) is 5.96 Å². The van der Waals surface area contributed by atoms with Crippen molar-refractivity contribution in [3.05, 3.63) is 24.8 Å². The van der Waals surface area contributed by atoms with E-state index in [-0.39, 0.29) is 0 Å². The van der Waals surface area contributed by atoms with Crippen LogP contribution in [0, 0.1) is 0 Å². The lowest BCUT2D eigenvalue weighted by atomic mass is 10.2. The highest BCUT2D eigenvalue weighted by Gasteiger charge is 2.03. The molecular weight excluding hydrogens is 222 g/mol. The summed E-state index contributed by atoms with van der Waals surface area (Å²) in [6.07, 6.45) is 12.1. The van der Waals surface area contributed by atoms with Crippen LogP contribution < -0.4 is 5.32 Å². The van der Waals surface area contributed by atoms with E-state index in [0.717, 1.165) is 31.9 Å². The summed E-state index contributed by atoms with van der Waals surface area (Å²) in [5.41, 5.74) is 0. The van der Waals surface area contributed by atoms with Crippen molar-refractivity contribution in [1.29, 1.82) is 0 Å². The average Bonchev–Trinajstić information content (AvgIpc) is 2.38. The minimum atomic E-state index is 0.942. The molecule has 18 heavy (non-hydrogen) atoms. The molecule has 0 radical (unpaired) electrons. The van der Waals surface area contributed by atoms with Crippen molar-refractivity contribution in [2.24, 2.45) is 4.99 Å². The molecule has 0 aromatic heterocycles. The third-order valence-corrected chi connectivity index (χ3v) is 2.80. The van der Waals surface area contributed by atoms with Gasteiger partial charge in [-0.25, -0.2) is 0 Å². The van der Waals surface area contributed by atoms with E-state index in [4.69, 9.17) is 0 Å². The van der Waals surface area contributed by atoms with Gasteiger partial charge in [0, 0.05) is 27.2 Å². The van der Waals surface area contributed by atoms with Crippen LogP contribution >= 0.6 is 0 Å². The summed E-state index contributed by atoms with van der Waals surface area (Å²) in [4.78, 5) is 6.49. The number of nitrogens with one attached hydrogen (secondary N) is 1. The van der Waals surface area contributed by atoms with Crippen molar-refractivity contribution < 1.29 is 0 Å². The number of hydrogen-bond acceptors (Lipinski definition) is 1. The van der Waals surface area contributed by atoms with Gasteiger partial charge in [-0.2, -0.15) is 0 Å². The maximum atomic E-state index is 4.29. The van der Waals surface area contributed by atoms with Crippen molar-refractivity contribution in [3.8, 4) is 0 Å². The summed E-state index contributed by atoms with van der Waals surface area (Å²) < 4.78 is 0. The zero-order valence-corrected chi connectivity index (χ0v) is 12.3. The quantitative estimate of drug-likeness (QED) is 0.295. The monoisotopic (exact) mass is 251 g/mol. The fraction of sp³-hybridized carbons (Fsp3) is 0.667. The molecule has 0 spiro atoms. The van der Waals surface area contributed by atoms with E-state index in [1.807, 2.05) is 20.0 Å². The fourth-order valence-electron chi connectivity index (χ4n) is 1.74. The van der Waals surface area contributed by atoms with Crippen LogP contribution in [0.3, 0.4) is 0 Å². The van der Waals surface area contributed by atoms with Gasteiger partial charge in [0.1, 0.15) is 0 Å². The zero-order chi connectivity index (χ0) is 13.6. The number of rotatable bonds is 9. The number of aliphatic imine (C=N–C) groups is 1. The Labute approximate surface area is 113 Å². The lowest BCUT2D eigenvalue weighted by Gasteiger charge is -2.21. The van der Waals surface area contributed by atoms with Gasteiger partial charge in [0.25, 0.3) is 0 Å². The van der Waals surface area contributed by atoms with E-state index in [1.165, 1.54) is 19.3 Å². The number of guanidine groups is 1. The Kier molecular flexibility index (Phi) is 11.4. The molecule has 3 heteroatoms. The molecule has 0 aromatic rings. The fourth-order valence-corrected chi connectivity index (χ4v) is 1.74. The second kappa shape index (κ2) is 12.2. The summed E-state index contributed by atoms with van der Waals surface area (Å²) in [7, 11) is 3.94. The van der Waals surface area contributed by atoms with Crippen LogP contribution in [0.5, 0.6) is 0 Å². The molecule has 0 saturated heterocycles. The second-order valence-electron chi connectivity index (χ2n) is 4.39. The predicted molar refractivity (Wildman–Crippen MR) is 82.1 cm³/mol. The van der Waals surface area contributed by atoms with Crippen LogP contribution in [0.4, 0.5) is 0 Å². The van der Waals surface area contributed by atoms with E-state index in [9.17, 15) is 0 Å². The highest BCUT2D eigenvalue weighted by molar-refractivity contribution is 5.79. The Balaban J connectivity index is 3.75. The molecule has 1 N–H and O–H groups in total. The van der Waals surface area contributed by atoms with Crippen LogP contribution in [0.15, 0.2) is 29.8 Å². The average molecular weight is 251 g/mol. The number of nitrogens with zero attached hydrogens (tertiary/aromatic N) is 2. The smallest absolute Gasteiger partial charge is 0.193 e. The minimum Gasteiger partial charge on any atom is -0.356 e. The molecule has 0 unspecified atom stereocenters. The predicted octanol–water partition coefficient (Wildman–Crippen LogP) is 3.21. The van der Waals surface area contributed by atoms with E-state index in [2.05, 4.69) is 41.0 Å². The van der Waals surface area contributed by atoms with Crippen molar-refractivity contribution >= 4 is 5.96 Å². The number of hydrogen-bond donors (Lipinski definition) is 1. The lowest BCUT2D eigenvalue weighted by molar-refractivity contribution is 0.456. The summed E-state index contributed by atoms with van der Waals surface area (Å²) >= 11 is 0. The largest absolute Gasteiger partial charge is 0.356 e. The molecule has 0 aliphatic rings. The van der Waals surface area contributed by atoms with Gasteiger partial charge in [-0.05, 0) is 32.6 Å². The number of unbranched alkanes of at least 4 members (excludes halogenated alkanes) is 3. The molecule has 0 aliphatic carbocycles. The lowest BCUT2D eigenvalue weighted by Crippen LogP contribution is -2.39. The topological polar surface area (TPSA) is 27.6 Å². The molecule has 0 saturated carbocycles. The van der Waals surface area contributed by atoms with Gasteiger partial charge >= 0.3 is 0 Å². The van der Waals surface area contributed by atoms with Crippen LogP contribution in [0.2, 0.25) is 0 Å². The summed E-state index contributed by atoms with van der Waals surface area (Å²) in [5, 5.41) is 3.36. The molecule has 3 nitrogen and oxygen atoms in total. The first kappa shape index (κ1) is 16.8. The van der Waals surface area contributed by atoms with Crippen molar-refractivity contribution in [3.63, 3.8) is 0 Å². The Morgan fingerprint density at radius 1 is 1.28 bits per heavy atom. The highest BCUT2D eigenvalue weighted by Crippen LogP contribution is 2.01. The molecule has 0 bridgehead atoms. The van der Waals surface area contributed by atoms with Crippen LogP contribution in [0.25, 0.3) is 0 Å². The van der Waals surface area contributed by atoms with Gasteiger partial charge in [-0.1, -0.05) is 24.6 Å². The Hall–Kier alpha value is -1.25. The van der Waals surface area contributed by atoms with Crippen LogP contribution in [-0.2, 0) is 0 Å². The molecule has 0 atom stereocenters. The standard InChI is InChI=1S/C15H29N3/c1-5-7-9-10-12-14-18(4)15(16-3)17-13-11-8-6-2/h5-6,8H,1,7,9-14H2,2-4H3,(H,16,17)/b8-6+. The third-order valence-electron chi connectivity index (χ3n) is 2.80. The first-order chi connectivity index (χ1) is 8.76. The molecule has 0 heterocycles. The molecule has 0 rings (SSSR count). The maximum Gasteiger partial charge on any atom is 0.193 e. The van der Waals surface area contributed by atoms with Gasteiger partial charge in [0.05, 0.1) is 0 Å². The summed E-state index contributed by atoms with van der Waals surface area (Å²) in [6.45, 7) is 7.78. The Bertz CT molecular complexity index is 256. The molecule has 0 amide bonds. The Morgan fingerprint density at radius 3 is 2.67 bits per heavy atom. The van der Waals surface area contributed by atoms with E-state index in [1.54, 1.807) is 0 Å². The zero-order valence-electron chi connectivity index (χ0n) is 12.3. The van der Waals surface area contributed by atoms with E-state index >= 15 is 0 Å². The highest BCUT2D eigenvalue weighted by atomic mass is 15.3. The molecule has 0 aliphatic heterocycles. The van der Waals surface area contributed by atoms with E-state index < -0.39 is 0 Å². The summed E-state index contributed by atoms with van der Waals surface area (Å²) in [6, 6.07) is 0. The van der Waals surface area contributed by atoms with Gasteiger partial charge < -0.3 is 10.2 Å². The Morgan fingerprint density at radius 2 is 2.06 bits per heavy atom. The molecule has 0 aromatic carbocycles. The summed E-state index contributed by atoms with van der Waals surface area (Å²) in [5.74, 6) is 0.989. The SMILES string of the molecule is C=CCCCCCN(C)C(=NC)NCC/C=C/C. The molecular formula is C15H29N3. The normalized spacial score (nSPS) is 11.8. The second-order valence-corrected chi connectivity index (χ2v) is 4.39. The van der Waals surface area contributed by atoms with Crippen LogP contribution in [-0.4, -0.2) is 38.0 Å². The van der Waals surface area contributed by atoms with Crippen molar-refractivity contribution in [1.82, 2.24) is 10.2 Å². The molecule has 0 fully saturated rings. The molecule has 104 valence electrons. The number of allylic oxidation sites excluding steroid dienone is 2. The van der Waals surface area contributed by atoms with Crippen LogP contribution in [0.1, 0.15) is 39.0 Å². The first-order valence-electron chi connectivity index (χ1n) is 6.90. The first-order valence-corrected chi connectivity index (χ1v) is 6.90. The van der Waals surface area contributed by atoms with E-state index in [0.29, 0.717) is 0 Å².